The van der Waals surface area contributed by atoms with Gasteiger partial charge in [-0.25, -0.2) is 9.18 Å². The monoisotopic (exact) mass is 269 g/mol. The van der Waals surface area contributed by atoms with Crippen molar-refractivity contribution in [2.45, 2.75) is 12.8 Å². The fraction of sp³-hybridized carbons (Fsp3) is 0.182. The third-order valence-electron chi connectivity index (χ3n) is 2.46. The number of nitrogens with one attached hydrogen (secondary N) is 1. The highest BCUT2D eigenvalue weighted by Crippen LogP contribution is 2.24. The maximum absolute atomic E-state index is 13.3. The van der Waals surface area contributed by atoms with Gasteiger partial charge in [0.15, 0.2) is 0 Å². The average Bonchev–Trinajstić information content (AvgIpc) is 2.82. The minimum absolute atomic E-state index is 0.0624. The molecular formula is C11H9ClFN3O2. The van der Waals surface area contributed by atoms with E-state index in [1.54, 1.807) is 6.20 Å². The molecule has 0 saturated heterocycles. The molecule has 0 radical (unpaired) electrons. The number of hydrogen-bond donors (Lipinski definition) is 2. The third-order valence-corrected chi connectivity index (χ3v) is 2.91. The molecule has 2 aromatic rings. The largest absolute Gasteiger partial charge is 0.478 e. The number of halogens is 2. The van der Waals surface area contributed by atoms with Crippen molar-refractivity contribution in [1.82, 2.24) is 15.4 Å². The lowest BCUT2D eigenvalue weighted by atomic mass is 10.0. The van der Waals surface area contributed by atoms with Crippen molar-refractivity contribution in [1.29, 1.82) is 0 Å². The maximum Gasteiger partial charge on any atom is 0.337 e. The number of rotatable bonds is 4. The molecule has 2 rings (SSSR count). The molecule has 0 unspecified atom stereocenters. The summed E-state index contributed by atoms with van der Waals surface area (Å²) in [6.07, 6.45) is 2.51. The van der Waals surface area contributed by atoms with Crippen LogP contribution in [0.2, 0.25) is 5.02 Å². The molecule has 1 heterocycles. The van der Waals surface area contributed by atoms with Crippen LogP contribution >= 0.6 is 11.6 Å². The van der Waals surface area contributed by atoms with Gasteiger partial charge < -0.3 is 5.11 Å². The van der Waals surface area contributed by atoms with E-state index in [0.717, 1.165) is 6.07 Å². The topological polar surface area (TPSA) is 78.9 Å². The summed E-state index contributed by atoms with van der Waals surface area (Å²) in [6.45, 7) is 0. The normalized spacial score (nSPS) is 10.6. The van der Waals surface area contributed by atoms with E-state index in [9.17, 15) is 9.18 Å². The van der Waals surface area contributed by atoms with Crippen LogP contribution in [0.25, 0.3) is 0 Å². The molecule has 0 bridgehead atoms. The van der Waals surface area contributed by atoms with E-state index in [1.807, 2.05) is 0 Å². The van der Waals surface area contributed by atoms with Crippen LogP contribution in [-0.2, 0) is 12.8 Å². The van der Waals surface area contributed by atoms with Gasteiger partial charge in [-0.3, -0.25) is 5.10 Å². The summed E-state index contributed by atoms with van der Waals surface area (Å²) in [5, 5.41) is 18.8. The molecule has 0 aliphatic heterocycles. The summed E-state index contributed by atoms with van der Waals surface area (Å²) in [5.74, 6) is -1.87. The molecule has 94 valence electrons. The lowest BCUT2D eigenvalue weighted by Gasteiger charge is -2.06. The second-order valence-electron chi connectivity index (χ2n) is 3.70. The Balaban J connectivity index is 2.24. The summed E-state index contributed by atoms with van der Waals surface area (Å²) in [7, 11) is 0. The van der Waals surface area contributed by atoms with Crippen LogP contribution in [0.4, 0.5) is 4.39 Å². The lowest BCUT2D eigenvalue weighted by molar-refractivity contribution is 0.0696. The molecule has 5 nitrogen and oxygen atoms in total. The SMILES string of the molecule is O=C(O)c1cc(F)cc(CCc2c[nH]nn2)c1Cl. The van der Waals surface area contributed by atoms with Gasteiger partial charge in [0.05, 0.1) is 16.3 Å². The van der Waals surface area contributed by atoms with Crippen LogP contribution < -0.4 is 0 Å². The number of nitrogens with zero attached hydrogens (tertiary/aromatic N) is 2. The Bertz CT molecular complexity index is 572. The molecule has 0 aliphatic rings. The minimum atomic E-state index is -1.25. The molecule has 0 aliphatic carbocycles. The Morgan fingerprint density at radius 3 is 2.83 bits per heavy atom. The first kappa shape index (κ1) is 12.5. The zero-order valence-corrected chi connectivity index (χ0v) is 9.91. The Morgan fingerprint density at radius 2 is 2.22 bits per heavy atom. The Hall–Kier alpha value is -1.95. The van der Waals surface area contributed by atoms with Crippen molar-refractivity contribution in [3.8, 4) is 0 Å². The van der Waals surface area contributed by atoms with E-state index in [4.69, 9.17) is 16.7 Å². The third kappa shape index (κ3) is 2.65. The van der Waals surface area contributed by atoms with Gasteiger partial charge in [0.1, 0.15) is 5.82 Å². The van der Waals surface area contributed by atoms with Gasteiger partial charge in [-0.05, 0) is 30.5 Å². The predicted octanol–water partition coefficient (Wildman–Crippen LogP) is 2.08. The minimum Gasteiger partial charge on any atom is -0.478 e. The molecule has 1 aromatic carbocycles. The summed E-state index contributed by atoms with van der Waals surface area (Å²) in [4.78, 5) is 10.9. The number of hydrogen-bond acceptors (Lipinski definition) is 3. The molecule has 2 N–H and O–H groups in total. The Labute approximate surface area is 107 Å². The molecular weight excluding hydrogens is 261 g/mol. The van der Waals surface area contributed by atoms with Gasteiger partial charge in [-0.2, -0.15) is 0 Å². The van der Waals surface area contributed by atoms with Crippen LogP contribution in [0.1, 0.15) is 21.6 Å². The van der Waals surface area contributed by atoms with Crippen molar-refractivity contribution in [3.05, 3.63) is 46.0 Å². The Morgan fingerprint density at radius 1 is 1.44 bits per heavy atom. The fourth-order valence-electron chi connectivity index (χ4n) is 1.59. The summed E-state index contributed by atoms with van der Waals surface area (Å²) < 4.78 is 13.3. The van der Waals surface area contributed by atoms with Crippen LogP contribution in [-0.4, -0.2) is 26.5 Å². The number of benzene rings is 1. The number of aryl methyl sites for hydroxylation is 2. The second-order valence-corrected chi connectivity index (χ2v) is 4.07. The zero-order chi connectivity index (χ0) is 13.1. The number of H-pyrrole nitrogens is 1. The van der Waals surface area contributed by atoms with Crippen molar-refractivity contribution in [2.24, 2.45) is 0 Å². The highest BCUT2D eigenvalue weighted by Gasteiger charge is 2.15. The van der Waals surface area contributed by atoms with Crippen molar-refractivity contribution >= 4 is 17.6 Å². The first-order valence-electron chi connectivity index (χ1n) is 5.14. The van der Waals surface area contributed by atoms with Gasteiger partial charge >= 0.3 is 5.97 Å². The molecule has 18 heavy (non-hydrogen) atoms. The quantitative estimate of drug-likeness (QED) is 0.891. The lowest BCUT2D eigenvalue weighted by Crippen LogP contribution is -2.03. The van der Waals surface area contributed by atoms with Crippen molar-refractivity contribution < 1.29 is 14.3 Å². The van der Waals surface area contributed by atoms with E-state index in [1.165, 1.54) is 6.07 Å². The van der Waals surface area contributed by atoms with Crippen LogP contribution in [0.5, 0.6) is 0 Å². The summed E-state index contributed by atoms with van der Waals surface area (Å²) in [5.41, 5.74) is 0.913. The molecule has 1 aromatic heterocycles. The van der Waals surface area contributed by atoms with Crippen molar-refractivity contribution in [3.63, 3.8) is 0 Å². The number of aromatic nitrogens is 3. The first-order chi connectivity index (χ1) is 8.58. The van der Waals surface area contributed by atoms with E-state index < -0.39 is 11.8 Å². The zero-order valence-electron chi connectivity index (χ0n) is 9.15. The standard InChI is InChI=1S/C11H9ClFN3O2/c12-10-6(1-2-8-5-14-16-15-8)3-7(13)4-9(10)11(17)18/h3-5H,1-2H2,(H,17,18)(H,14,15,16). The predicted molar refractivity (Wildman–Crippen MR) is 62.2 cm³/mol. The summed E-state index contributed by atoms with van der Waals surface area (Å²) >= 11 is 5.92. The highest BCUT2D eigenvalue weighted by atomic mass is 35.5. The number of aromatic carboxylic acids is 1. The molecule has 7 heteroatoms. The van der Waals surface area contributed by atoms with E-state index >= 15 is 0 Å². The maximum atomic E-state index is 13.3. The van der Waals surface area contributed by atoms with E-state index in [-0.39, 0.29) is 10.6 Å². The van der Waals surface area contributed by atoms with Crippen LogP contribution in [0, 0.1) is 5.82 Å². The smallest absolute Gasteiger partial charge is 0.337 e. The number of carboxylic acid groups (broad SMARTS) is 1. The van der Waals surface area contributed by atoms with Crippen LogP contribution in [0.15, 0.2) is 18.3 Å². The van der Waals surface area contributed by atoms with Gasteiger partial charge in [-0.15, -0.1) is 5.10 Å². The molecule has 0 fully saturated rings. The molecule has 0 spiro atoms. The van der Waals surface area contributed by atoms with E-state index in [0.29, 0.717) is 24.1 Å². The average molecular weight is 270 g/mol. The van der Waals surface area contributed by atoms with Gasteiger partial charge in [-0.1, -0.05) is 16.8 Å². The first-order valence-corrected chi connectivity index (χ1v) is 5.52. The van der Waals surface area contributed by atoms with Gasteiger partial charge in [0, 0.05) is 6.20 Å². The molecule has 0 saturated carbocycles. The number of carboxylic acids is 1. The highest BCUT2D eigenvalue weighted by molar-refractivity contribution is 6.34. The van der Waals surface area contributed by atoms with Gasteiger partial charge in [0.2, 0.25) is 0 Å². The van der Waals surface area contributed by atoms with Crippen LogP contribution in [0.3, 0.4) is 0 Å². The number of carbonyl (C=O) groups is 1. The number of aromatic amines is 1. The fourth-order valence-corrected chi connectivity index (χ4v) is 1.88. The van der Waals surface area contributed by atoms with Gasteiger partial charge in [0.25, 0.3) is 0 Å². The molecule has 0 atom stereocenters. The Kier molecular flexibility index (Phi) is 3.57. The molecule has 0 amide bonds. The summed E-state index contributed by atoms with van der Waals surface area (Å²) in [6, 6.07) is 2.14. The second kappa shape index (κ2) is 5.14. The van der Waals surface area contributed by atoms with Crippen molar-refractivity contribution in [2.75, 3.05) is 0 Å². The van der Waals surface area contributed by atoms with E-state index in [2.05, 4.69) is 15.4 Å².